The summed E-state index contributed by atoms with van der Waals surface area (Å²) in [6, 6.07) is 0. The molecule has 9 nitrogen and oxygen atoms in total. The Balaban J connectivity index is 3.15. The van der Waals surface area contributed by atoms with Gasteiger partial charge >= 0.3 is 17.9 Å². The fourth-order valence-corrected chi connectivity index (χ4v) is 2.24. The van der Waals surface area contributed by atoms with Crippen molar-refractivity contribution >= 4 is 24.1 Å². The summed E-state index contributed by atoms with van der Waals surface area (Å²) < 4.78 is 20.9. The molecule has 0 aromatic heterocycles. The summed E-state index contributed by atoms with van der Waals surface area (Å²) in [5.74, 6) is -1.90. The van der Waals surface area contributed by atoms with Gasteiger partial charge in [0, 0.05) is 20.8 Å². The maximum atomic E-state index is 11.3. The molecular weight excluding hydrogens is 298 g/mol. The Kier molecular flexibility index (Phi) is 6.29. The Morgan fingerprint density at radius 3 is 1.86 bits per heavy atom. The van der Waals surface area contributed by atoms with Gasteiger partial charge in [-0.1, -0.05) is 5.16 Å². The van der Waals surface area contributed by atoms with Crippen molar-refractivity contribution in [3.63, 3.8) is 0 Å². The third-order valence-corrected chi connectivity index (χ3v) is 2.93. The molecule has 0 amide bonds. The second-order valence-corrected chi connectivity index (χ2v) is 4.79. The smallest absolute Gasteiger partial charge is 0.303 e. The summed E-state index contributed by atoms with van der Waals surface area (Å²) in [4.78, 5) is 33.8. The van der Waals surface area contributed by atoms with E-state index in [4.69, 9.17) is 24.2 Å². The first-order valence-corrected chi connectivity index (χ1v) is 6.61. The van der Waals surface area contributed by atoms with Gasteiger partial charge in [0.25, 0.3) is 0 Å². The molecule has 22 heavy (non-hydrogen) atoms. The topological polar surface area (TPSA) is 121 Å². The predicted octanol–water partition coefficient (Wildman–Crippen LogP) is 0.0288. The van der Waals surface area contributed by atoms with Crippen molar-refractivity contribution in [1.29, 1.82) is 0 Å². The van der Waals surface area contributed by atoms with Gasteiger partial charge in [0.2, 0.25) is 0 Å². The van der Waals surface area contributed by atoms with Gasteiger partial charge in [-0.25, -0.2) is 0 Å². The second kappa shape index (κ2) is 7.74. The van der Waals surface area contributed by atoms with Gasteiger partial charge in [-0.3, -0.25) is 14.4 Å². The van der Waals surface area contributed by atoms with Crippen LogP contribution in [0.2, 0.25) is 0 Å². The van der Waals surface area contributed by atoms with Gasteiger partial charge in [0.15, 0.2) is 18.3 Å². The lowest BCUT2D eigenvalue weighted by Gasteiger charge is -2.42. The van der Waals surface area contributed by atoms with Gasteiger partial charge in [0.1, 0.15) is 6.10 Å². The third-order valence-electron chi connectivity index (χ3n) is 2.93. The maximum Gasteiger partial charge on any atom is 0.303 e. The molecule has 1 aliphatic heterocycles. The highest BCUT2D eigenvalue weighted by atomic mass is 16.6. The largest absolute Gasteiger partial charge is 0.456 e. The van der Waals surface area contributed by atoms with Crippen molar-refractivity contribution in [3.8, 4) is 0 Å². The summed E-state index contributed by atoms with van der Waals surface area (Å²) in [5.41, 5.74) is 0. The van der Waals surface area contributed by atoms with Crippen LogP contribution in [0.15, 0.2) is 5.16 Å². The fourth-order valence-electron chi connectivity index (χ4n) is 2.24. The molecule has 1 N–H and O–H groups in total. The standard InChI is InChI=1S/C13H19NO8/c1-6-11(20-7(2)15)13(22-9(4)17)12(21-8(3)16)10(19-6)5-14-18/h5-6,10-13,18H,1-4H3/b14-5+/t6-,10+,11+,12+,13+/m0/s1. The molecule has 0 bridgehead atoms. The van der Waals surface area contributed by atoms with Crippen LogP contribution in [0.5, 0.6) is 0 Å². The molecule has 124 valence electrons. The van der Waals surface area contributed by atoms with Crippen molar-refractivity contribution in [2.24, 2.45) is 5.16 Å². The lowest BCUT2D eigenvalue weighted by Crippen LogP contribution is -2.61. The zero-order valence-corrected chi connectivity index (χ0v) is 12.7. The molecule has 0 spiro atoms. The number of esters is 3. The molecule has 0 aromatic rings. The molecule has 1 fully saturated rings. The van der Waals surface area contributed by atoms with Crippen molar-refractivity contribution < 1.29 is 38.5 Å². The quantitative estimate of drug-likeness (QED) is 0.253. The molecule has 9 heteroatoms. The van der Waals surface area contributed by atoms with Crippen LogP contribution in [-0.4, -0.2) is 59.8 Å². The Morgan fingerprint density at radius 2 is 1.41 bits per heavy atom. The SMILES string of the molecule is CC(=O)O[C@@H]1[C@H](OC(C)=O)[C@H](C)O[C@H](/C=N/O)[C@H]1OC(C)=O. The average Bonchev–Trinajstić information content (AvgIpc) is 2.37. The van der Waals surface area contributed by atoms with E-state index < -0.39 is 48.4 Å². The van der Waals surface area contributed by atoms with E-state index in [1.54, 1.807) is 6.92 Å². The Labute approximate surface area is 127 Å². The number of carbonyl (C=O) groups is 3. The fraction of sp³-hybridized carbons (Fsp3) is 0.692. The van der Waals surface area contributed by atoms with Crippen LogP contribution in [-0.2, 0) is 33.3 Å². The molecule has 0 radical (unpaired) electrons. The van der Waals surface area contributed by atoms with E-state index in [0.29, 0.717) is 0 Å². The van der Waals surface area contributed by atoms with Gasteiger partial charge in [-0.2, -0.15) is 0 Å². The van der Waals surface area contributed by atoms with E-state index in [0.717, 1.165) is 13.1 Å². The summed E-state index contributed by atoms with van der Waals surface area (Å²) in [6.45, 7) is 5.12. The number of ether oxygens (including phenoxy) is 4. The number of hydrogen-bond donors (Lipinski definition) is 1. The zero-order valence-electron chi connectivity index (χ0n) is 12.7. The summed E-state index contributed by atoms with van der Waals surface area (Å²) in [7, 11) is 0. The molecular formula is C13H19NO8. The summed E-state index contributed by atoms with van der Waals surface area (Å²) >= 11 is 0. The molecule has 0 aliphatic carbocycles. The van der Waals surface area contributed by atoms with Crippen LogP contribution in [0.3, 0.4) is 0 Å². The van der Waals surface area contributed by atoms with E-state index in [-0.39, 0.29) is 0 Å². The Bertz CT molecular complexity index is 463. The van der Waals surface area contributed by atoms with Crippen molar-refractivity contribution in [2.75, 3.05) is 0 Å². The normalized spacial score (nSPS) is 31.5. The molecule has 0 saturated carbocycles. The first-order chi connectivity index (χ1) is 10.3. The van der Waals surface area contributed by atoms with E-state index in [9.17, 15) is 14.4 Å². The van der Waals surface area contributed by atoms with Gasteiger partial charge in [0.05, 0.1) is 12.3 Å². The minimum atomic E-state index is -1.11. The van der Waals surface area contributed by atoms with Crippen LogP contribution in [0.25, 0.3) is 0 Å². The maximum absolute atomic E-state index is 11.3. The lowest BCUT2D eigenvalue weighted by atomic mass is 9.95. The van der Waals surface area contributed by atoms with Crippen molar-refractivity contribution in [1.82, 2.24) is 0 Å². The highest BCUT2D eigenvalue weighted by molar-refractivity contribution is 5.70. The lowest BCUT2D eigenvalue weighted by molar-refractivity contribution is -0.232. The second-order valence-electron chi connectivity index (χ2n) is 4.79. The van der Waals surface area contributed by atoms with E-state index in [1.165, 1.54) is 13.8 Å². The van der Waals surface area contributed by atoms with E-state index in [2.05, 4.69) is 5.16 Å². The zero-order chi connectivity index (χ0) is 16.9. The molecule has 1 saturated heterocycles. The number of oxime groups is 1. The first kappa shape index (κ1) is 17.9. The highest BCUT2D eigenvalue weighted by Crippen LogP contribution is 2.28. The number of carbonyl (C=O) groups excluding carboxylic acids is 3. The summed E-state index contributed by atoms with van der Waals surface area (Å²) in [5, 5.41) is 11.6. The van der Waals surface area contributed by atoms with Crippen molar-refractivity contribution in [2.45, 2.75) is 58.2 Å². The Morgan fingerprint density at radius 1 is 0.955 bits per heavy atom. The molecule has 0 unspecified atom stereocenters. The van der Waals surface area contributed by atoms with Gasteiger partial charge in [-0.05, 0) is 6.92 Å². The number of rotatable bonds is 4. The van der Waals surface area contributed by atoms with Crippen LogP contribution in [0, 0.1) is 0 Å². The van der Waals surface area contributed by atoms with E-state index in [1.807, 2.05) is 0 Å². The Hall–Kier alpha value is -2.16. The minimum Gasteiger partial charge on any atom is -0.456 e. The monoisotopic (exact) mass is 317 g/mol. The molecule has 5 atom stereocenters. The molecule has 0 aromatic carbocycles. The van der Waals surface area contributed by atoms with Crippen molar-refractivity contribution in [3.05, 3.63) is 0 Å². The minimum absolute atomic E-state index is 0.603. The van der Waals surface area contributed by atoms with Crippen LogP contribution >= 0.6 is 0 Å². The predicted molar refractivity (Wildman–Crippen MR) is 71.3 cm³/mol. The molecule has 1 rings (SSSR count). The summed E-state index contributed by atoms with van der Waals surface area (Å²) in [6.07, 6.45) is -3.79. The molecule has 1 heterocycles. The number of nitrogens with zero attached hydrogens (tertiary/aromatic N) is 1. The molecule has 1 aliphatic rings. The van der Waals surface area contributed by atoms with Crippen LogP contribution < -0.4 is 0 Å². The van der Waals surface area contributed by atoms with Crippen LogP contribution in [0.1, 0.15) is 27.7 Å². The average molecular weight is 317 g/mol. The van der Waals surface area contributed by atoms with Gasteiger partial charge in [-0.15, -0.1) is 0 Å². The van der Waals surface area contributed by atoms with Gasteiger partial charge < -0.3 is 24.2 Å². The van der Waals surface area contributed by atoms with E-state index >= 15 is 0 Å². The van der Waals surface area contributed by atoms with Crippen LogP contribution in [0.4, 0.5) is 0 Å². The number of hydrogen-bond acceptors (Lipinski definition) is 9. The first-order valence-electron chi connectivity index (χ1n) is 6.61. The highest BCUT2D eigenvalue weighted by Gasteiger charge is 2.49. The third kappa shape index (κ3) is 4.69.